The summed E-state index contributed by atoms with van der Waals surface area (Å²) >= 11 is 5.79. The minimum atomic E-state index is -6.23. The monoisotopic (exact) mass is 436 g/mol. The number of fused-ring (bicyclic) bond motifs is 1. The van der Waals surface area contributed by atoms with E-state index in [4.69, 9.17) is 20.6 Å². The Morgan fingerprint density at radius 1 is 1.19 bits per heavy atom. The first-order valence-corrected chi connectivity index (χ1v) is 9.51. The van der Waals surface area contributed by atoms with Crippen LogP contribution in [0, 0.1) is 0 Å². The molecule has 5 nitrogen and oxygen atoms in total. The summed E-state index contributed by atoms with van der Waals surface area (Å²) in [5, 5.41) is 9.10. The van der Waals surface area contributed by atoms with E-state index in [0.29, 0.717) is 6.08 Å². The maximum atomic E-state index is 14.2. The van der Waals surface area contributed by atoms with Gasteiger partial charge in [0.25, 0.3) is 0 Å². The Morgan fingerprint density at radius 3 is 2.22 bits per heavy atom. The summed E-state index contributed by atoms with van der Waals surface area (Å²) in [6, 6.07) is 3.33. The predicted octanol–water partition coefficient (Wildman–Crippen LogP) is 5.23. The van der Waals surface area contributed by atoms with Gasteiger partial charge in [-0.3, -0.25) is 4.57 Å². The average molecular weight is 437 g/mol. The largest absolute Gasteiger partial charge is 0.460 e. The zero-order valence-corrected chi connectivity index (χ0v) is 15.7. The van der Waals surface area contributed by atoms with Crippen LogP contribution in [-0.2, 0) is 13.6 Å². The summed E-state index contributed by atoms with van der Waals surface area (Å²) in [6.07, 6.45) is -5.58. The molecule has 0 saturated heterocycles. The lowest BCUT2D eigenvalue weighted by Crippen LogP contribution is -2.62. The molecule has 1 unspecified atom stereocenters. The van der Waals surface area contributed by atoms with Gasteiger partial charge in [0.1, 0.15) is 11.1 Å². The van der Waals surface area contributed by atoms with Crippen molar-refractivity contribution in [3.8, 4) is 5.75 Å². The number of ether oxygens (including phenoxy) is 1. The van der Waals surface area contributed by atoms with Crippen LogP contribution in [0.3, 0.4) is 0 Å². The molecule has 0 aliphatic carbocycles. The van der Waals surface area contributed by atoms with E-state index < -0.39 is 36.5 Å². The van der Waals surface area contributed by atoms with Crippen molar-refractivity contribution in [1.29, 1.82) is 0 Å². The molecule has 1 aliphatic rings. The highest BCUT2D eigenvalue weighted by atomic mass is 35.5. The van der Waals surface area contributed by atoms with Crippen LogP contribution in [0.2, 0.25) is 5.02 Å². The molecule has 2 rings (SSSR count). The number of halogens is 6. The highest BCUT2D eigenvalue weighted by Crippen LogP contribution is 2.65. The SMILES string of the molecule is CCOP(=O)(OCC)C1=Cc2cc(Cl)ccc2OC1(O)C(F)(F)C(F)(F)F. The number of benzene rings is 1. The van der Waals surface area contributed by atoms with Crippen LogP contribution >= 0.6 is 19.2 Å². The lowest BCUT2D eigenvalue weighted by molar-refractivity contribution is -0.371. The van der Waals surface area contributed by atoms with Crippen molar-refractivity contribution in [2.75, 3.05) is 13.2 Å². The van der Waals surface area contributed by atoms with Gasteiger partial charge in [-0.15, -0.1) is 0 Å². The Morgan fingerprint density at radius 2 is 1.74 bits per heavy atom. The number of aliphatic hydroxyl groups is 1. The van der Waals surface area contributed by atoms with E-state index in [1.54, 1.807) is 0 Å². The number of hydrogen-bond acceptors (Lipinski definition) is 5. The Kier molecular flexibility index (Phi) is 6.00. The number of rotatable bonds is 6. The van der Waals surface area contributed by atoms with Crippen molar-refractivity contribution >= 4 is 25.3 Å². The molecule has 1 aromatic carbocycles. The van der Waals surface area contributed by atoms with Crippen LogP contribution in [0.15, 0.2) is 23.5 Å². The van der Waals surface area contributed by atoms with Crippen LogP contribution in [0.5, 0.6) is 5.75 Å². The Bertz CT molecular complexity index is 787. The van der Waals surface area contributed by atoms with Gasteiger partial charge in [-0.2, -0.15) is 22.0 Å². The second kappa shape index (κ2) is 7.33. The second-order valence-corrected chi connectivity index (χ2v) is 7.79. The van der Waals surface area contributed by atoms with Gasteiger partial charge in [0, 0.05) is 10.6 Å². The summed E-state index contributed by atoms with van der Waals surface area (Å²) in [5.41, 5.74) is -0.0835. The molecule has 0 bridgehead atoms. The molecule has 12 heteroatoms. The third-order valence-electron chi connectivity index (χ3n) is 3.54. The molecule has 1 atom stereocenters. The second-order valence-electron chi connectivity index (χ2n) is 5.36. The van der Waals surface area contributed by atoms with Gasteiger partial charge >= 0.3 is 25.5 Å². The molecule has 0 amide bonds. The van der Waals surface area contributed by atoms with E-state index in [2.05, 4.69) is 4.74 Å². The van der Waals surface area contributed by atoms with E-state index >= 15 is 0 Å². The fraction of sp³-hybridized carbons (Fsp3) is 0.467. The van der Waals surface area contributed by atoms with Crippen molar-refractivity contribution in [3.05, 3.63) is 34.1 Å². The maximum absolute atomic E-state index is 14.2. The molecular weight excluding hydrogens is 422 g/mol. The van der Waals surface area contributed by atoms with Crippen molar-refractivity contribution in [3.63, 3.8) is 0 Å². The first-order valence-electron chi connectivity index (χ1n) is 7.59. The Labute approximate surface area is 156 Å². The van der Waals surface area contributed by atoms with Crippen LogP contribution < -0.4 is 4.74 Å². The molecule has 0 saturated carbocycles. The lowest BCUT2D eigenvalue weighted by Gasteiger charge is -2.41. The lowest BCUT2D eigenvalue weighted by atomic mass is 10.0. The fourth-order valence-corrected chi connectivity index (χ4v) is 4.45. The highest BCUT2D eigenvalue weighted by molar-refractivity contribution is 7.58. The van der Waals surface area contributed by atoms with Crippen molar-refractivity contribution in [1.82, 2.24) is 0 Å². The van der Waals surface area contributed by atoms with Gasteiger partial charge in [-0.1, -0.05) is 11.6 Å². The van der Waals surface area contributed by atoms with Crippen LogP contribution in [-0.4, -0.2) is 36.2 Å². The third kappa shape index (κ3) is 3.73. The molecule has 1 heterocycles. The number of hydrogen-bond donors (Lipinski definition) is 1. The zero-order chi connectivity index (χ0) is 20.7. The van der Waals surface area contributed by atoms with Gasteiger partial charge in [-0.25, -0.2) is 0 Å². The van der Waals surface area contributed by atoms with Crippen LogP contribution in [0.25, 0.3) is 6.08 Å². The van der Waals surface area contributed by atoms with Crippen LogP contribution in [0.1, 0.15) is 19.4 Å². The summed E-state index contributed by atoms with van der Waals surface area (Å²) in [4.78, 5) is 0. The smallest absolute Gasteiger partial charge is 0.451 e. The van der Waals surface area contributed by atoms with E-state index in [-0.39, 0.29) is 23.8 Å². The van der Waals surface area contributed by atoms with Gasteiger partial charge in [0.05, 0.1) is 13.2 Å². The first kappa shape index (κ1) is 22.1. The minimum absolute atomic E-state index is 0.0835. The van der Waals surface area contributed by atoms with Gasteiger partial charge in [-0.05, 0) is 38.1 Å². The zero-order valence-electron chi connectivity index (χ0n) is 14.0. The topological polar surface area (TPSA) is 65.0 Å². The van der Waals surface area contributed by atoms with Crippen LogP contribution in [0.4, 0.5) is 22.0 Å². The third-order valence-corrected chi connectivity index (χ3v) is 6.00. The molecule has 1 aromatic rings. The maximum Gasteiger partial charge on any atom is 0.460 e. The summed E-state index contributed by atoms with van der Waals surface area (Å²) in [7, 11) is -4.79. The van der Waals surface area contributed by atoms with E-state index in [1.165, 1.54) is 19.9 Å². The molecule has 1 N–H and O–H groups in total. The van der Waals surface area contributed by atoms with E-state index in [9.17, 15) is 31.6 Å². The fourth-order valence-electron chi connectivity index (χ4n) is 2.38. The normalized spacial score (nSPS) is 20.7. The average Bonchev–Trinajstić information content (AvgIpc) is 2.54. The quantitative estimate of drug-likeness (QED) is 0.489. The molecule has 0 radical (unpaired) electrons. The first-order chi connectivity index (χ1) is 12.3. The molecule has 0 spiro atoms. The highest BCUT2D eigenvalue weighted by Gasteiger charge is 2.76. The molecule has 0 aromatic heterocycles. The molecule has 0 fully saturated rings. The Balaban J connectivity index is 2.79. The van der Waals surface area contributed by atoms with Gasteiger partial charge in [0.15, 0.2) is 0 Å². The van der Waals surface area contributed by atoms with E-state index in [0.717, 1.165) is 12.1 Å². The van der Waals surface area contributed by atoms with Crippen molar-refractivity contribution in [2.45, 2.75) is 31.7 Å². The summed E-state index contributed by atoms with van der Waals surface area (Å²) < 4.78 is 94.9. The van der Waals surface area contributed by atoms with Gasteiger partial charge < -0.3 is 18.9 Å². The van der Waals surface area contributed by atoms with Crippen molar-refractivity contribution in [2.24, 2.45) is 0 Å². The minimum Gasteiger partial charge on any atom is -0.451 e. The Hall–Kier alpha value is -1.19. The van der Waals surface area contributed by atoms with Gasteiger partial charge in [0.2, 0.25) is 0 Å². The summed E-state index contributed by atoms with van der Waals surface area (Å²) in [5.74, 6) is -10.7. The summed E-state index contributed by atoms with van der Waals surface area (Å²) in [6.45, 7) is 1.93. The molecule has 27 heavy (non-hydrogen) atoms. The number of alkyl halides is 5. The van der Waals surface area contributed by atoms with Crippen molar-refractivity contribution < 1.29 is 45.4 Å². The standard InChI is InChI=1S/C15H15ClF5O5P/c1-3-24-27(23,25-4-2)12-8-9-7-10(16)5-6-11(9)26-13(12,22)14(17,18)15(19,20)21/h5-8,22H,3-4H2,1-2H3. The molecular formula is C15H15ClF5O5P. The predicted molar refractivity (Wildman–Crippen MR) is 86.9 cm³/mol. The van der Waals surface area contributed by atoms with E-state index in [1.807, 2.05) is 0 Å². The molecule has 1 aliphatic heterocycles. The molecule has 152 valence electrons.